The highest BCUT2D eigenvalue weighted by Gasteiger charge is 2.63. The van der Waals surface area contributed by atoms with Gasteiger partial charge in [0.25, 0.3) is 0 Å². The van der Waals surface area contributed by atoms with E-state index in [0.717, 1.165) is 56.4 Å². The van der Waals surface area contributed by atoms with Gasteiger partial charge < -0.3 is 4.42 Å². The second-order valence-corrected chi connectivity index (χ2v) is 15.7. The zero-order chi connectivity index (χ0) is 29.5. The third-order valence-electron chi connectivity index (χ3n) is 12.4. The monoisotopic (exact) mass is 545 g/mol. The van der Waals surface area contributed by atoms with Gasteiger partial charge in [-0.25, -0.2) is 0 Å². The number of allylic oxidation sites excluding steroid dienone is 4. The Labute approximate surface area is 240 Å². The number of aromatic nitrogens is 2. The largest absolute Gasteiger partial charge is 0.425 e. The summed E-state index contributed by atoms with van der Waals surface area (Å²) in [6, 6.07) is 2.19. The first-order valence-corrected chi connectivity index (χ1v) is 15.2. The summed E-state index contributed by atoms with van der Waals surface area (Å²) in [5, 5.41) is 18.7. The van der Waals surface area contributed by atoms with E-state index < -0.39 is 10.8 Å². The Morgan fingerprint density at radius 1 is 1.02 bits per heavy atom. The van der Waals surface area contributed by atoms with Gasteiger partial charge >= 0.3 is 0 Å². The van der Waals surface area contributed by atoms with Crippen LogP contribution in [0.5, 0.6) is 0 Å². The minimum Gasteiger partial charge on any atom is -0.425 e. The lowest BCUT2D eigenvalue weighted by Gasteiger charge is -2.63. The van der Waals surface area contributed by atoms with Crippen molar-refractivity contribution in [2.24, 2.45) is 38.9 Å². The minimum atomic E-state index is -0.655. The summed E-state index contributed by atoms with van der Waals surface area (Å²) in [7, 11) is 0. The summed E-state index contributed by atoms with van der Waals surface area (Å²) >= 11 is 0. The fourth-order valence-electron chi connectivity index (χ4n) is 9.72. The van der Waals surface area contributed by atoms with Crippen LogP contribution in [0.15, 0.2) is 27.7 Å². The molecule has 0 N–H and O–H groups in total. The molecule has 0 spiro atoms. The molecule has 0 aromatic carbocycles. The molecule has 0 bridgehead atoms. The Bertz CT molecular complexity index is 1360. The van der Waals surface area contributed by atoms with Crippen LogP contribution in [0.3, 0.4) is 0 Å². The van der Waals surface area contributed by atoms with Crippen LogP contribution < -0.4 is 0 Å². The summed E-state index contributed by atoms with van der Waals surface area (Å²) in [6.07, 6.45) is 11.1. The maximum atomic E-state index is 13.6. The highest BCUT2D eigenvalue weighted by atomic mass is 16.4. The first kappa shape index (κ1) is 29.0. The Kier molecular flexibility index (Phi) is 6.50. The molecular formula is C34H47N3O3. The van der Waals surface area contributed by atoms with E-state index >= 15 is 0 Å². The Morgan fingerprint density at radius 3 is 2.33 bits per heavy atom. The number of ketones is 2. The predicted molar refractivity (Wildman–Crippen MR) is 154 cm³/mol. The van der Waals surface area contributed by atoms with Crippen LogP contribution in [0.25, 0.3) is 0 Å². The van der Waals surface area contributed by atoms with E-state index in [-0.39, 0.29) is 44.7 Å². The molecular weight excluding hydrogens is 498 g/mol. The van der Waals surface area contributed by atoms with Crippen molar-refractivity contribution in [3.63, 3.8) is 0 Å². The molecule has 1 aromatic heterocycles. The van der Waals surface area contributed by atoms with E-state index in [4.69, 9.17) is 4.42 Å². The average molecular weight is 546 g/mol. The van der Waals surface area contributed by atoms with Crippen molar-refractivity contribution in [3.05, 3.63) is 35.1 Å². The summed E-state index contributed by atoms with van der Waals surface area (Å²) in [5.41, 5.74) is -0.274. The topological polar surface area (TPSA) is 96.9 Å². The number of carbonyl (C=O) groups excluding carboxylic acids is 2. The van der Waals surface area contributed by atoms with Crippen molar-refractivity contribution in [1.82, 2.24) is 10.2 Å². The molecule has 1 aromatic rings. The normalized spacial score (nSPS) is 40.4. The molecule has 1 heterocycles. The van der Waals surface area contributed by atoms with Gasteiger partial charge in [0.05, 0.1) is 11.0 Å². The number of aryl methyl sites for hydroxylation is 1. The molecule has 216 valence electrons. The zero-order valence-corrected chi connectivity index (χ0v) is 26.0. The smallest absolute Gasteiger partial charge is 0.222 e. The van der Waals surface area contributed by atoms with Gasteiger partial charge in [-0.15, -0.1) is 10.2 Å². The molecule has 4 aliphatic carbocycles. The van der Waals surface area contributed by atoms with Gasteiger partial charge in [0.2, 0.25) is 11.8 Å². The maximum absolute atomic E-state index is 13.6. The molecule has 6 nitrogen and oxygen atoms in total. The van der Waals surface area contributed by atoms with Crippen LogP contribution >= 0.6 is 0 Å². The summed E-state index contributed by atoms with van der Waals surface area (Å²) in [4.78, 5) is 26.8. The van der Waals surface area contributed by atoms with E-state index in [1.165, 1.54) is 0 Å². The van der Waals surface area contributed by atoms with E-state index in [0.29, 0.717) is 18.2 Å². The molecule has 5 rings (SSSR count). The molecule has 40 heavy (non-hydrogen) atoms. The molecule has 0 amide bonds. The van der Waals surface area contributed by atoms with Gasteiger partial charge in [0.1, 0.15) is 6.07 Å². The lowest BCUT2D eigenvalue weighted by atomic mass is 9.40. The van der Waals surface area contributed by atoms with Crippen LogP contribution in [0.4, 0.5) is 0 Å². The lowest BCUT2D eigenvalue weighted by Crippen LogP contribution is -2.58. The van der Waals surface area contributed by atoms with Crippen LogP contribution in [-0.4, -0.2) is 21.8 Å². The van der Waals surface area contributed by atoms with Gasteiger partial charge in [-0.2, -0.15) is 5.26 Å². The van der Waals surface area contributed by atoms with Gasteiger partial charge in [0, 0.05) is 24.2 Å². The third kappa shape index (κ3) is 4.01. The third-order valence-corrected chi connectivity index (χ3v) is 12.4. The van der Waals surface area contributed by atoms with Crippen LogP contribution in [0, 0.1) is 57.2 Å². The fourth-order valence-corrected chi connectivity index (χ4v) is 9.72. The zero-order valence-electron chi connectivity index (χ0n) is 26.0. The van der Waals surface area contributed by atoms with Gasteiger partial charge in [-0.1, -0.05) is 67.0 Å². The van der Waals surface area contributed by atoms with Crippen LogP contribution in [0.1, 0.15) is 119 Å². The second-order valence-electron chi connectivity index (χ2n) is 15.7. The first-order chi connectivity index (χ1) is 18.4. The SMILES string of the molecule is Cc1nnc([C@]2(CC[C@]3(C)CC(=O)C=C4[C@@]5(C)C=C(C#N)C(=O)C(C)(C)[C@@H]5CC[C@]43C)CCC(C)(C)CC2C)o1. The van der Waals surface area contributed by atoms with Gasteiger partial charge in [-0.3, -0.25) is 9.59 Å². The Morgan fingerprint density at radius 2 is 1.73 bits per heavy atom. The summed E-state index contributed by atoms with van der Waals surface area (Å²) < 4.78 is 6.16. The number of hydrogen-bond donors (Lipinski definition) is 0. The average Bonchev–Trinajstić information content (AvgIpc) is 3.29. The molecule has 6 atom stereocenters. The number of fused-ring (bicyclic) bond motifs is 3. The van der Waals surface area contributed by atoms with Crippen LogP contribution in [-0.2, 0) is 15.0 Å². The quantitative estimate of drug-likeness (QED) is 0.386. The molecule has 0 radical (unpaired) electrons. The van der Waals surface area contributed by atoms with Crippen molar-refractivity contribution < 1.29 is 14.0 Å². The number of rotatable bonds is 4. The number of carbonyl (C=O) groups is 2. The maximum Gasteiger partial charge on any atom is 0.222 e. The predicted octanol–water partition coefficient (Wildman–Crippen LogP) is 7.63. The van der Waals surface area contributed by atoms with E-state index in [1.54, 1.807) is 0 Å². The number of nitriles is 1. The minimum absolute atomic E-state index is 0.0485. The first-order valence-electron chi connectivity index (χ1n) is 15.2. The van der Waals surface area contributed by atoms with Crippen molar-refractivity contribution in [2.75, 3.05) is 0 Å². The Balaban J connectivity index is 1.55. The molecule has 2 saturated carbocycles. The van der Waals surface area contributed by atoms with Gasteiger partial charge in [-0.05, 0) is 79.1 Å². The van der Waals surface area contributed by atoms with Crippen molar-refractivity contribution in [3.8, 4) is 6.07 Å². The molecule has 4 aliphatic rings. The fraction of sp³-hybridized carbons (Fsp3) is 0.735. The number of nitrogens with zero attached hydrogens (tertiary/aromatic N) is 3. The van der Waals surface area contributed by atoms with Crippen LogP contribution in [0.2, 0.25) is 0 Å². The molecule has 2 fully saturated rings. The van der Waals surface area contributed by atoms with Crippen molar-refractivity contribution >= 4 is 11.6 Å². The summed E-state index contributed by atoms with van der Waals surface area (Å²) in [6.45, 7) is 19.7. The van der Waals surface area contributed by atoms with Gasteiger partial charge in [0.15, 0.2) is 11.6 Å². The lowest BCUT2D eigenvalue weighted by molar-refractivity contribution is -0.133. The summed E-state index contributed by atoms with van der Waals surface area (Å²) in [5.74, 6) is 1.86. The molecule has 0 aliphatic heterocycles. The highest BCUT2D eigenvalue weighted by Crippen LogP contribution is 2.69. The standard InChI is InChI=1S/C34H47N3O3/c1-21-17-29(3,4)12-14-34(21,28-37-36-22(2)40-28)15-13-31(7)19-24(38)16-26-32(8)18-23(20-35)27(39)30(5,6)25(32)10-11-33(26,31)9/h16,18,21,25H,10-15,17,19H2,1-9H3/t21?,25-,31+,32-,33+,34-/m0/s1. The second kappa shape index (κ2) is 8.97. The number of Topliss-reactive ketones (excluding diaryl/α,β-unsaturated/α-hetero) is 1. The van der Waals surface area contributed by atoms with E-state index in [1.807, 2.05) is 32.9 Å². The Hall–Kier alpha value is -2.55. The van der Waals surface area contributed by atoms with E-state index in [9.17, 15) is 14.9 Å². The number of hydrogen-bond acceptors (Lipinski definition) is 6. The molecule has 0 saturated heterocycles. The van der Waals surface area contributed by atoms with E-state index in [2.05, 4.69) is 57.8 Å². The van der Waals surface area contributed by atoms with Crippen molar-refractivity contribution in [2.45, 2.75) is 119 Å². The molecule has 6 heteroatoms. The van der Waals surface area contributed by atoms with Crippen molar-refractivity contribution in [1.29, 1.82) is 5.26 Å². The molecule has 1 unspecified atom stereocenters. The highest BCUT2D eigenvalue weighted by molar-refractivity contribution is 6.04.